The molecule has 2 aromatic heterocycles. The highest BCUT2D eigenvalue weighted by Crippen LogP contribution is 2.30. The Morgan fingerprint density at radius 3 is 2.54 bits per heavy atom. The number of nitriles is 1. The smallest absolute Gasteiger partial charge is 0.258 e. The van der Waals surface area contributed by atoms with Gasteiger partial charge in [-0.05, 0) is 48.7 Å². The van der Waals surface area contributed by atoms with Crippen molar-refractivity contribution < 1.29 is 22.3 Å². The van der Waals surface area contributed by atoms with E-state index in [-0.39, 0.29) is 40.8 Å². The van der Waals surface area contributed by atoms with Gasteiger partial charge in [0.25, 0.3) is 5.91 Å². The summed E-state index contributed by atoms with van der Waals surface area (Å²) in [6.07, 6.45) is 2.90. The van der Waals surface area contributed by atoms with Crippen molar-refractivity contribution in [1.82, 2.24) is 15.0 Å². The number of ether oxygens (including phenoxy) is 1. The van der Waals surface area contributed by atoms with E-state index >= 15 is 4.39 Å². The van der Waals surface area contributed by atoms with E-state index in [0.717, 1.165) is 18.0 Å². The van der Waals surface area contributed by atoms with Crippen molar-refractivity contribution in [2.45, 2.75) is 25.0 Å². The third-order valence-corrected chi connectivity index (χ3v) is 7.95. The van der Waals surface area contributed by atoms with Crippen LogP contribution in [0.3, 0.4) is 0 Å². The molecule has 0 spiro atoms. The fourth-order valence-corrected chi connectivity index (χ4v) is 5.43. The Kier molecular flexibility index (Phi) is 7.87. The number of hydrogen-bond donors (Lipinski definition) is 3. The second kappa shape index (κ2) is 11.3. The topological polar surface area (TPSA) is 173 Å². The van der Waals surface area contributed by atoms with Gasteiger partial charge in [-0.1, -0.05) is 19.1 Å². The maximum Gasteiger partial charge on any atom is 0.258 e. The molecular weight excluding hydrogens is 525 g/mol. The second-order valence-corrected chi connectivity index (χ2v) is 10.4. The fourth-order valence-electron chi connectivity index (χ4n) is 3.95. The van der Waals surface area contributed by atoms with Gasteiger partial charge < -0.3 is 15.8 Å². The monoisotopic (exact) mass is 549 g/mol. The molecule has 200 valence electrons. The van der Waals surface area contributed by atoms with E-state index in [0.29, 0.717) is 5.75 Å². The average Bonchev–Trinajstić information content (AvgIpc) is 2.94. The number of nitrogens with one attached hydrogen (secondary N) is 2. The van der Waals surface area contributed by atoms with Gasteiger partial charge in [-0.3, -0.25) is 14.5 Å². The number of methoxy groups -OCH3 is 1. The summed E-state index contributed by atoms with van der Waals surface area (Å²) in [6.45, 7) is 1.71. The predicted octanol–water partition coefficient (Wildman–Crippen LogP) is 3.64. The zero-order valence-electron chi connectivity index (χ0n) is 21.0. The van der Waals surface area contributed by atoms with Crippen LogP contribution in [0.4, 0.5) is 21.6 Å². The molecule has 0 aliphatic heterocycles. The lowest BCUT2D eigenvalue weighted by atomic mass is 10.1. The van der Waals surface area contributed by atoms with Crippen molar-refractivity contribution in [3.8, 4) is 11.8 Å². The molecule has 0 fully saturated rings. The summed E-state index contributed by atoms with van der Waals surface area (Å²) in [5.41, 5.74) is 5.77. The van der Waals surface area contributed by atoms with E-state index in [9.17, 15) is 18.5 Å². The summed E-state index contributed by atoms with van der Waals surface area (Å²) >= 11 is 0. The Bertz CT molecular complexity index is 1690. The Balaban J connectivity index is 1.63. The van der Waals surface area contributed by atoms with Gasteiger partial charge in [0.2, 0.25) is 10.0 Å². The molecule has 2 aromatic carbocycles. The lowest BCUT2D eigenvalue weighted by molar-refractivity contribution is 0.102. The first-order valence-electron chi connectivity index (χ1n) is 11.7. The number of nitrogen functional groups attached to an aromatic ring is 1. The van der Waals surface area contributed by atoms with E-state index in [1.54, 1.807) is 37.3 Å². The maximum absolute atomic E-state index is 15.6. The molecule has 4 rings (SSSR count). The summed E-state index contributed by atoms with van der Waals surface area (Å²) in [5, 5.41) is 11.0. The standard InChI is InChI=1S/C26H24FN7O4S/c1-3-18(12-15-4-7-17(38-2)8-5-15)39(36,37)34-20-9-6-16(13-28)22(21(20)27)33-26(35)19-10-11-30-24-23(19)31-14-32-25(24)29/h4-11,14,18,34H,3,12H2,1-2H3,(H,33,35)(H2,29,31,32). The summed E-state index contributed by atoms with van der Waals surface area (Å²) in [5.74, 6) is -1.23. The lowest BCUT2D eigenvalue weighted by Gasteiger charge is -2.19. The van der Waals surface area contributed by atoms with Crippen molar-refractivity contribution in [2.24, 2.45) is 0 Å². The Labute approximate surface area is 223 Å². The van der Waals surface area contributed by atoms with Crippen LogP contribution in [0.15, 0.2) is 55.0 Å². The van der Waals surface area contributed by atoms with Gasteiger partial charge in [0.05, 0.1) is 34.9 Å². The van der Waals surface area contributed by atoms with Crippen LogP contribution in [-0.4, -0.2) is 41.6 Å². The van der Waals surface area contributed by atoms with Crippen LogP contribution in [0.25, 0.3) is 11.0 Å². The first-order chi connectivity index (χ1) is 18.7. The molecule has 0 saturated heterocycles. The minimum atomic E-state index is -4.07. The molecule has 13 heteroatoms. The number of nitrogens with two attached hydrogens (primary N) is 1. The molecule has 0 aliphatic carbocycles. The van der Waals surface area contributed by atoms with Gasteiger partial charge in [-0.2, -0.15) is 5.26 Å². The van der Waals surface area contributed by atoms with Gasteiger partial charge in [0.1, 0.15) is 29.2 Å². The van der Waals surface area contributed by atoms with Crippen LogP contribution in [-0.2, 0) is 16.4 Å². The van der Waals surface area contributed by atoms with Crippen molar-refractivity contribution >= 4 is 44.2 Å². The number of halogens is 1. The molecule has 1 unspecified atom stereocenters. The fraction of sp³-hybridized carbons (Fsp3) is 0.192. The number of fused-ring (bicyclic) bond motifs is 1. The summed E-state index contributed by atoms with van der Waals surface area (Å²) in [4.78, 5) is 25.0. The van der Waals surface area contributed by atoms with Crippen molar-refractivity contribution in [3.63, 3.8) is 0 Å². The molecule has 11 nitrogen and oxygen atoms in total. The quantitative estimate of drug-likeness (QED) is 0.282. The SMILES string of the molecule is CCC(Cc1ccc(OC)cc1)S(=O)(=O)Nc1ccc(C#N)c(NC(=O)c2ccnc3c(N)ncnc23)c1F. The van der Waals surface area contributed by atoms with E-state index < -0.39 is 38.4 Å². The second-order valence-electron chi connectivity index (χ2n) is 8.46. The molecule has 0 bridgehead atoms. The van der Waals surface area contributed by atoms with E-state index in [1.807, 2.05) is 0 Å². The number of carbonyl (C=O) groups is 1. The molecular formula is C26H24FN7O4S. The first kappa shape index (κ1) is 27.2. The number of hydrogen-bond acceptors (Lipinski definition) is 9. The number of rotatable bonds is 9. The minimum Gasteiger partial charge on any atom is -0.497 e. The summed E-state index contributed by atoms with van der Waals surface area (Å²) in [6, 6.07) is 12.5. The number of carbonyl (C=O) groups excluding carboxylic acids is 1. The number of sulfonamides is 1. The van der Waals surface area contributed by atoms with E-state index in [1.165, 1.54) is 25.4 Å². The van der Waals surface area contributed by atoms with Crippen molar-refractivity contribution in [3.05, 3.63) is 77.5 Å². The maximum atomic E-state index is 15.6. The average molecular weight is 550 g/mol. The third kappa shape index (κ3) is 5.70. The summed E-state index contributed by atoms with van der Waals surface area (Å²) in [7, 11) is -2.54. The molecule has 1 atom stereocenters. The van der Waals surface area contributed by atoms with Gasteiger partial charge in [0.15, 0.2) is 11.6 Å². The molecule has 0 radical (unpaired) electrons. The third-order valence-electron chi connectivity index (χ3n) is 6.06. The van der Waals surface area contributed by atoms with E-state index in [4.69, 9.17) is 10.5 Å². The van der Waals surface area contributed by atoms with Gasteiger partial charge in [-0.25, -0.2) is 22.8 Å². The Hall–Kier alpha value is -4.83. The molecule has 0 saturated carbocycles. The van der Waals surface area contributed by atoms with Crippen LogP contribution < -0.4 is 20.5 Å². The highest BCUT2D eigenvalue weighted by molar-refractivity contribution is 7.93. The minimum absolute atomic E-state index is 0.00825. The normalized spacial score (nSPS) is 11.9. The lowest BCUT2D eigenvalue weighted by Crippen LogP contribution is -2.30. The number of nitrogens with zero attached hydrogens (tertiary/aromatic N) is 4. The van der Waals surface area contributed by atoms with E-state index in [2.05, 4.69) is 25.0 Å². The first-order valence-corrected chi connectivity index (χ1v) is 13.3. The summed E-state index contributed by atoms with van der Waals surface area (Å²) < 4.78 is 49.5. The van der Waals surface area contributed by atoms with Crippen LogP contribution in [0.1, 0.15) is 34.8 Å². The number of benzene rings is 2. The highest BCUT2D eigenvalue weighted by Gasteiger charge is 2.27. The number of anilines is 3. The molecule has 4 N–H and O–H groups in total. The predicted molar refractivity (Wildman–Crippen MR) is 144 cm³/mol. The zero-order chi connectivity index (χ0) is 28.2. The highest BCUT2D eigenvalue weighted by atomic mass is 32.2. The number of pyridine rings is 1. The molecule has 1 amide bonds. The number of aromatic nitrogens is 3. The Morgan fingerprint density at radius 2 is 1.87 bits per heavy atom. The molecule has 39 heavy (non-hydrogen) atoms. The molecule has 2 heterocycles. The molecule has 4 aromatic rings. The van der Waals surface area contributed by atoms with Crippen LogP contribution in [0.5, 0.6) is 5.75 Å². The van der Waals surface area contributed by atoms with Gasteiger partial charge in [-0.15, -0.1) is 0 Å². The largest absolute Gasteiger partial charge is 0.497 e. The van der Waals surface area contributed by atoms with Crippen LogP contribution >= 0.6 is 0 Å². The van der Waals surface area contributed by atoms with Gasteiger partial charge >= 0.3 is 0 Å². The van der Waals surface area contributed by atoms with Crippen LogP contribution in [0, 0.1) is 17.1 Å². The number of amides is 1. The van der Waals surface area contributed by atoms with Gasteiger partial charge in [0, 0.05) is 6.20 Å². The zero-order valence-corrected chi connectivity index (χ0v) is 21.8. The van der Waals surface area contributed by atoms with Crippen molar-refractivity contribution in [2.75, 3.05) is 22.9 Å². The van der Waals surface area contributed by atoms with Crippen LogP contribution in [0.2, 0.25) is 0 Å². The molecule has 0 aliphatic rings. The van der Waals surface area contributed by atoms with Crippen molar-refractivity contribution in [1.29, 1.82) is 5.26 Å². The Morgan fingerprint density at radius 1 is 1.13 bits per heavy atom.